The summed E-state index contributed by atoms with van der Waals surface area (Å²) in [7, 11) is 0. The molecule has 10 aliphatic rings. The Morgan fingerprint density at radius 2 is 0.585 bits per heavy atom. The van der Waals surface area contributed by atoms with Crippen molar-refractivity contribution < 1.29 is 53.0 Å². The lowest BCUT2D eigenvalue weighted by molar-refractivity contribution is -0.138. The number of aromatic nitrogens is 18. The van der Waals surface area contributed by atoms with Crippen LogP contribution in [0.3, 0.4) is 0 Å². The van der Waals surface area contributed by atoms with Crippen molar-refractivity contribution in [2.75, 3.05) is 83.8 Å². The number of aromatic amines is 3. The second kappa shape index (κ2) is 41.1. The minimum Gasteiger partial charge on any atom is -0.359 e. The summed E-state index contributed by atoms with van der Waals surface area (Å²) in [6.45, 7) is 3.82. The molecule has 15 aromatic rings. The molecule has 5 aromatic carbocycles. The maximum atomic E-state index is 14.3. The first-order valence-corrected chi connectivity index (χ1v) is 48.4. The Labute approximate surface area is 813 Å². The number of H-pyrrole nitrogens is 3. The third-order valence-electron chi connectivity index (χ3n) is 27.0. The van der Waals surface area contributed by atoms with Crippen molar-refractivity contribution in [3.63, 3.8) is 0 Å². The Balaban J connectivity index is 0.000000105. The van der Waals surface area contributed by atoms with Gasteiger partial charge in [0.1, 0.15) is 142 Å². The van der Waals surface area contributed by atoms with Crippen LogP contribution in [0.15, 0.2) is 198 Å². The first kappa shape index (κ1) is 93.4. The van der Waals surface area contributed by atoms with E-state index in [9.17, 15) is 43.9 Å². The topological polar surface area (TPSA) is 343 Å². The largest absolute Gasteiger partial charge is 0.416 e. The predicted molar refractivity (Wildman–Crippen MR) is 514 cm³/mol. The number of benzene rings is 5. The van der Waals surface area contributed by atoms with Gasteiger partial charge in [0, 0.05) is 168 Å². The Bertz CT molecular complexity index is 6540. The predicted octanol–water partition coefficient (Wildman–Crippen LogP) is 24.0. The standard InChI is InChI=1S/C21H20F4N6.C20H20ClFN6.C20H20F2N6.C20H19F2N5O.C20H20FN5O/c22-13-5-6-14(15(8-13)21(23,24)25)17-2-1-7-31(17)20-10-18(26-11-27-20)28-19-9-16(29-30-19)12-3-4-12;21-15-8-13(22)5-6-14(15)17-2-1-7-28(17)20-10-18(23-11-24-20)25-19-9-16(26-27-19)12-3-4-12;21-13-5-6-14(15(22)8-13)17-2-1-7-28(17)20-10-18(23-11-24-20)25-19-9-16(26-27-19)12-3-4-12;21-13-5-6-14(15(22)8-13)16-2-1-7-27(16)20-10-18(23-11-24-20)25-19-9-17(28-26-19)12-3-4-12;21-15-7-5-13(6-8-15)16-2-1-9-26(16)20-11-18(22-12-23-20)24-19-10-17(27-25-19)14-3-4-14/h5-6,8-12,17H,1-4,7H2,(H2,26,27,28,29,30);2*5-6,8-12,17H,1-4,7H2,(H2,23,24,25,26,27);5-6,8-12,16H,1-4,7H2,(H,23,24,25,26);5-8,10-12,14,16H,1-4,9H2,(H,22,23,24,25). The Morgan fingerprint density at radius 1 is 0.289 bits per heavy atom. The monoisotopic (exact) mass is 1960 g/mol. The summed E-state index contributed by atoms with van der Waals surface area (Å²) in [6, 6.07) is 40.1. The van der Waals surface area contributed by atoms with Gasteiger partial charge in [0.2, 0.25) is 0 Å². The number of alkyl halides is 3. The zero-order valence-corrected chi connectivity index (χ0v) is 77.5. The van der Waals surface area contributed by atoms with Crippen LogP contribution in [0.1, 0.15) is 250 Å². The number of hydrogen-bond donors (Lipinski definition) is 8. The Hall–Kier alpha value is -14.9. The van der Waals surface area contributed by atoms with Crippen molar-refractivity contribution in [3.8, 4) is 0 Å². The summed E-state index contributed by atoms with van der Waals surface area (Å²) in [6.07, 6.45) is 23.3. The lowest BCUT2D eigenvalue weighted by Gasteiger charge is -2.28. The van der Waals surface area contributed by atoms with E-state index in [-0.39, 0.29) is 41.4 Å². The molecule has 5 saturated heterocycles. The van der Waals surface area contributed by atoms with E-state index in [2.05, 4.69) is 127 Å². The molecule has 5 unspecified atom stereocenters. The summed E-state index contributed by atoms with van der Waals surface area (Å²) in [5, 5.41) is 46.5. The van der Waals surface area contributed by atoms with Crippen LogP contribution < -0.4 is 51.1 Å². The highest BCUT2D eigenvalue weighted by Gasteiger charge is 2.41. The summed E-state index contributed by atoms with van der Waals surface area (Å²) in [4.78, 5) is 53.6. The van der Waals surface area contributed by atoms with Gasteiger partial charge in [0.25, 0.3) is 0 Å². The molecule has 5 saturated carbocycles. The summed E-state index contributed by atoms with van der Waals surface area (Å²) < 4.78 is 147. The molecule has 10 fully saturated rings. The number of nitrogens with zero attached hydrogens (tertiary/aromatic N) is 20. The van der Waals surface area contributed by atoms with Gasteiger partial charge in [0.05, 0.1) is 35.8 Å². The molecule has 25 rings (SSSR count). The average molecular weight is 1960 g/mol. The van der Waals surface area contributed by atoms with Crippen LogP contribution in [0.4, 0.5) is 131 Å². The van der Waals surface area contributed by atoms with E-state index in [1.54, 1.807) is 24.8 Å². The summed E-state index contributed by atoms with van der Waals surface area (Å²) in [5.41, 5.74) is 5.51. The quantitative estimate of drug-likeness (QED) is 0.0246. The molecule has 30 nitrogen and oxygen atoms in total. The zero-order chi connectivity index (χ0) is 97.1. The van der Waals surface area contributed by atoms with Crippen LogP contribution in [-0.2, 0) is 6.18 Å². The van der Waals surface area contributed by atoms with Crippen molar-refractivity contribution in [2.24, 2.45) is 0 Å². The van der Waals surface area contributed by atoms with Crippen LogP contribution in [0.5, 0.6) is 0 Å². The molecule has 5 aliphatic heterocycles. The Kier molecular flexibility index (Phi) is 27.1. The van der Waals surface area contributed by atoms with E-state index in [1.165, 1.54) is 118 Å². The highest BCUT2D eigenvalue weighted by molar-refractivity contribution is 6.31. The van der Waals surface area contributed by atoms with Crippen LogP contribution in [-0.4, -0.2) is 123 Å². The molecule has 0 radical (unpaired) electrons. The average Bonchev–Trinajstić information content (AvgIpc) is 1.61. The van der Waals surface area contributed by atoms with Gasteiger partial charge in [-0.05, 0) is 194 Å². The first-order valence-electron chi connectivity index (χ1n) is 48.0. The van der Waals surface area contributed by atoms with E-state index in [0.717, 1.165) is 173 Å². The molecule has 15 heterocycles. The molecule has 0 bridgehead atoms. The van der Waals surface area contributed by atoms with Gasteiger partial charge in [-0.1, -0.05) is 58.3 Å². The maximum absolute atomic E-state index is 14.3. The smallest absolute Gasteiger partial charge is 0.359 e. The van der Waals surface area contributed by atoms with Crippen LogP contribution >= 0.6 is 11.6 Å². The molecular formula is C101H99ClF10N28O2. The molecule has 41 heteroatoms. The first-order chi connectivity index (χ1) is 69.1. The van der Waals surface area contributed by atoms with Crippen LogP contribution in [0, 0.1) is 40.7 Å². The number of halogens is 11. The Morgan fingerprint density at radius 3 is 0.923 bits per heavy atom. The molecule has 732 valence electrons. The van der Waals surface area contributed by atoms with Crippen LogP contribution in [0.25, 0.3) is 0 Å². The van der Waals surface area contributed by atoms with Gasteiger partial charge in [-0.15, -0.1) is 0 Å². The summed E-state index contributed by atoms with van der Waals surface area (Å²) in [5.74, 6) is 11.0. The fourth-order valence-corrected chi connectivity index (χ4v) is 19.6. The SMILES string of the molecule is Fc1ccc(C2CCCN2c2cc(Nc3cc(C4CC4)[nH]n3)ncn2)c(C(F)(F)F)c1.Fc1ccc(C2CCCN2c2cc(Nc3cc(C4CC4)[nH]n3)ncn2)c(Cl)c1.Fc1ccc(C2CCCN2c2cc(Nc3cc(C4CC4)[nH]n3)ncn2)c(F)c1.Fc1ccc(C2CCCN2c2cc(Nc3cc(C4CC4)on3)ncn2)c(F)c1.Fc1ccc(C2CCCN2c2cc(Nc3cc(C4CC4)on3)ncn2)cc1. The van der Waals surface area contributed by atoms with Crippen molar-refractivity contribution in [2.45, 2.75) is 194 Å². The fourth-order valence-electron chi connectivity index (χ4n) is 19.3. The van der Waals surface area contributed by atoms with E-state index in [0.29, 0.717) is 141 Å². The van der Waals surface area contributed by atoms with Crippen molar-refractivity contribution in [3.05, 3.63) is 297 Å². The van der Waals surface area contributed by atoms with Crippen LogP contribution in [0.2, 0.25) is 5.02 Å². The molecule has 5 atom stereocenters. The highest BCUT2D eigenvalue weighted by atomic mass is 35.5. The third-order valence-corrected chi connectivity index (χ3v) is 27.4. The molecule has 142 heavy (non-hydrogen) atoms. The van der Waals surface area contributed by atoms with Gasteiger partial charge in [-0.3, -0.25) is 15.3 Å². The zero-order valence-electron chi connectivity index (χ0n) is 76.8. The van der Waals surface area contributed by atoms with E-state index < -0.39 is 46.9 Å². The van der Waals surface area contributed by atoms with E-state index in [1.807, 2.05) is 81.4 Å². The normalized spacial score (nSPS) is 19.2. The molecule has 5 aliphatic carbocycles. The van der Waals surface area contributed by atoms with Gasteiger partial charge < -0.3 is 60.1 Å². The molecule has 0 amide bonds. The molecular weight excluding hydrogens is 1860 g/mol. The fraction of sp³-hybridized carbons (Fsp3) is 0.356. The molecule has 10 aromatic heterocycles. The second-order valence-corrected chi connectivity index (χ2v) is 37.6. The number of nitrogens with one attached hydrogen (secondary N) is 8. The van der Waals surface area contributed by atoms with Gasteiger partial charge in [-0.25, -0.2) is 80.6 Å². The lowest BCUT2D eigenvalue weighted by atomic mass is 9.97. The van der Waals surface area contributed by atoms with Crippen molar-refractivity contribution >= 4 is 98.9 Å². The maximum Gasteiger partial charge on any atom is 0.416 e. The number of hydrogen-bond acceptors (Lipinski definition) is 27. The van der Waals surface area contributed by atoms with Crippen molar-refractivity contribution in [1.82, 2.24) is 90.7 Å². The van der Waals surface area contributed by atoms with Crippen molar-refractivity contribution in [1.29, 1.82) is 0 Å². The molecule has 0 spiro atoms. The highest BCUT2D eigenvalue weighted by Crippen LogP contribution is 2.49. The summed E-state index contributed by atoms with van der Waals surface area (Å²) >= 11 is 6.31. The number of anilines is 15. The van der Waals surface area contributed by atoms with Gasteiger partial charge in [-0.2, -0.15) is 28.5 Å². The number of rotatable bonds is 25. The van der Waals surface area contributed by atoms with E-state index >= 15 is 0 Å². The van der Waals surface area contributed by atoms with Gasteiger partial charge >= 0.3 is 6.18 Å². The van der Waals surface area contributed by atoms with Gasteiger partial charge in [0.15, 0.2) is 29.1 Å². The third kappa shape index (κ3) is 22.4. The minimum absolute atomic E-state index is 0.0564. The van der Waals surface area contributed by atoms with E-state index in [4.69, 9.17) is 20.6 Å². The lowest BCUT2D eigenvalue weighted by Crippen LogP contribution is -2.26. The second-order valence-electron chi connectivity index (χ2n) is 37.2. The minimum atomic E-state index is -4.64. The molecule has 8 N–H and O–H groups in total.